The number of alkyl halides is 5. The molecule has 3 nitrogen and oxygen atoms in total. The van der Waals surface area contributed by atoms with E-state index in [9.17, 15) is 26.7 Å². The molecule has 1 aliphatic rings. The van der Waals surface area contributed by atoms with Gasteiger partial charge in [-0.3, -0.25) is 4.79 Å². The SMILES string of the molecule is CC1CC(CN)CN1C(=O)C(F)(F)C(F)(F)F. The Kier molecular flexibility index (Phi) is 3.66. The zero-order valence-electron chi connectivity index (χ0n) is 9.10. The number of nitrogens with two attached hydrogens (primary N) is 1. The molecule has 0 aromatic carbocycles. The Balaban J connectivity index is 2.84. The summed E-state index contributed by atoms with van der Waals surface area (Å²) < 4.78 is 61.7. The van der Waals surface area contributed by atoms with E-state index in [-0.39, 0.29) is 19.0 Å². The van der Waals surface area contributed by atoms with Crippen LogP contribution >= 0.6 is 0 Å². The molecule has 1 saturated heterocycles. The maximum absolute atomic E-state index is 12.8. The minimum atomic E-state index is -5.86. The molecular formula is C9H13F5N2O. The van der Waals surface area contributed by atoms with Crippen LogP contribution in [0.25, 0.3) is 0 Å². The average molecular weight is 260 g/mol. The summed E-state index contributed by atoms with van der Waals surface area (Å²) in [4.78, 5) is 11.8. The second-order valence-electron chi connectivity index (χ2n) is 4.22. The molecule has 0 spiro atoms. The van der Waals surface area contributed by atoms with Gasteiger partial charge < -0.3 is 10.6 Å². The Hall–Kier alpha value is -0.920. The first kappa shape index (κ1) is 14.1. The van der Waals surface area contributed by atoms with Gasteiger partial charge in [-0.15, -0.1) is 0 Å². The number of amides is 1. The van der Waals surface area contributed by atoms with Crippen molar-refractivity contribution in [2.75, 3.05) is 13.1 Å². The summed E-state index contributed by atoms with van der Waals surface area (Å²) in [7, 11) is 0. The van der Waals surface area contributed by atoms with Crippen LogP contribution in [0.4, 0.5) is 22.0 Å². The van der Waals surface area contributed by atoms with Gasteiger partial charge in [0.2, 0.25) is 0 Å². The highest BCUT2D eigenvalue weighted by Gasteiger charge is 2.65. The molecule has 2 atom stereocenters. The molecule has 8 heteroatoms. The largest absolute Gasteiger partial charge is 0.463 e. The van der Waals surface area contributed by atoms with Crippen molar-refractivity contribution in [3.8, 4) is 0 Å². The van der Waals surface area contributed by atoms with E-state index in [0.29, 0.717) is 11.3 Å². The molecule has 1 fully saturated rings. The van der Waals surface area contributed by atoms with Crippen LogP contribution in [-0.2, 0) is 4.79 Å². The van der Waals surface area contributed by atoms with Crippen LogP contribution in [0, 0.1) is 5.92 Å². The molecule has 1 heterocycles. The zero-order chi connectivity index (χ0) is 13.4. The number of rotatable bonds is 2. The van der Waals surface area contributed by atoms with Gasteiger partial charge in [0.1, 0.15) is 0 Å². The minimum Gasteiger partial charge on any atom is -0.334 e. The summed E-state index contributed by atoms with van der Waals surface area (Å²) in [6, 6.07) is -0.649. The summed E-state index contributed by atoms with van der Waals surface area (Å²) in [5.41, 5.74) is 5.31. The molecule has 0 saturated carbocycles. The van der Waals surface area contributed by atoms with Crippen LogP contribution in [0.3, 0.4) is 0 Å². The van der Waals surface area contributed by atoms with Gasteiger partial charge in [-0.2, -0.15) is 22.0 Å². The average Bonchev–Trinajstić information content (AvgIpc) is 2.56. The van der Waals surface area contributed by atoms with Crippen LogP contribution in [0.2, 0.25) is 0 Å². The number of carbonyl (C=O) groups excluding carboxylic acids is 1. The molecule has 0 aromatic rings. The fourth-order valence-corrected chi connectivity index (χ4v) is 1.90. The summed E-state index contributed by atoms with van der Waals surface area (Å²) in [5.74, 6) is -7.74. The predicted molar refractivity (Wildman–Crippen MR) is 49.3 cm³/mol. The maximum atomic E-state index is 12.8. The molecule has 0 aliphatic carbocycles. The van der Waals surface area contributed by atoms with Crippen molar-refractivity contribution >= 4 is 5.91 Å². The van der Waals surface area contributed by atoms with E-state index in [2.05, 4.69) is 0 Å². The molecule has 1 amide bonds. The standard InChI is InChI=1S/C9H13F5N2O/c1-5-2-6(3-15)4-16(5)7(17)8(10,11)9(12,13)14/h5-6H,2-4,15H2,1H3. The van der Waals surface area contributed by atoms with Gasteiger partial charge in [-0.05, 0) is 25.8 Å². The Morgan fingerprint density at radius 3 is 2.24 bits per heavy atom. The molecule has 17 heavy (non-hydrogen) atoms. The third-order valence-electron chi connectivity index (χ3n) is 2.88. The second-order valence-corrected chi connectivity index (χ2v) is 4.22. The van der Waals surface area contributed by atoms with Crippen LogP contribution in [-0.4, -0.2) is 42.0 Å². The number of nitrogens with zero attached hydrogens (tertiary/aromatic N) is 1. The van der Waals surface area contributed by atoms with Crippen molar-refractivity contribution in [2.24, 2.45) is 11.7 Å². The van der Waals surface area contributed by atoms with E-state index in [0.717, 1.165) is 0 Å². The monoisotopic (exact) mass is 260 g/mol. The Morgan fingerprint density at radius 1 is 1.35 bits per heavy atom. The van der Waals surface area contributed by atoms with Gasteiger partial charge in [0.05, 0.1) is 0 Å². The normalized spacial score (nSPS) is 26.4. The molecule has 2 unspecified atom stereocenters. The zero-order valence-corrected chi connectivity index (χ0v) is 9.10. The number of likely N-dealkylation sites (tertiary alicyclic amines) is 1. The molecular weight excluding hydrogens is 247 g/mol. The number of hydrogen-bond donors (Lipinski definition) is 1. The first-order chi connectivity index (χ1) is 7.61. The van der Waals surface area contributed by atoms with Gasteiger partial charge >= 0.3 is 18.0 Å². The van der Waals surface area contributed by atoms with Gasteiger partial charge in [0, 0.05) is 12.6 Å². The Labute approximate surface area is 94.7 Å². The van der Waals surface area contributed by atoms with E-state index < -0.39 is 24.0 Å². The van der Waals surface area contributed by atoms with Crippen molar-refractivity contribution in [1.82, 2.24) is 4.90 Å². The van der Waals surface area contributed by atoms with Gasteiger partial charge in [0.25, 0.3) is 0 Å². The maximum Gasteiger partial charge on any atom is 0.463 e. The van der Waals surface area contributed by atoms with Crippen molar-refractivity contribution < 1.29 is 26.7 Å². The third-order valence-corrected chi connectivity index (χ3v) is 2.88. The summed E-state index contributed by atoms with van der Waals surface area (Å²) >= 11 is 0. The fourth-order valence-electron chi connectivity index (χ4n) is 1.90. The molecule has 0 bridgehead atoms. The lowest BCUT2D eigenvalue weighted by Crippen LogP contribution is -2.53. The molecule has 100 valence electrons. The van der Waals surface area contributed by atoms with Crippen molar-refractivity contribution in [3.63, 3.8) is 0 Å². The third kappa shape index (κ3) is 2.51. The Morgan fingerprint density at radius 2 is 1.88 bits per heavy atom. The second kappa shape index (κ2) is 4.40. The smallest absolute Gasteiger partial charge is 0.334 e. The van der Waals surface area contributed by atoms with E-state index in [4.69, 9.17) is 5.73 Å². The highest BCUT2D eigenvalue weighted by Crippen LogP contribution is 2.38. The van der Waals surface area contributed by atoms with Crippen LogP contribution in [0.1, 0.15) is 13.3 Å². The van der Waals surface area contributed by atoms with Crippen LogP contribution in [0.5, 0.6) is 0 Å². The molecule has 2 N–H and O–H groups in total. The van der Waals surface area contributed by atoms with Crippen LogP contribution < -0.4 is 5.73 Å². The Bertz CT molecular complexity index is 304. The first-order valence-electron chi connectivity index (χ1n) is 5.07. The summed E-state index contributed by atoms with van der Waals surface area (Å²) in [5, 5.41) is 0. The fraction of sp³-hybridized carbons (Fsp3) is 0.889. The van der Waals surface area contributed by atoms with Crippen molar-refractivity contribution in [3.05, 3.63) is 0 Å². The lowest BCUT2D eigenvalue weighted by molar-refractivity contribution is -0.274. The topological polar surface area (TPSA) is 46.3 Å². The number of carbonyl (C=O) groups is 1. The van der Waals surface area contributed by atoms with Gasteiger partial charge in [-0.25, -0.2) is 0 Å². The molecule has 0 radical (unpaired) electrons. The highest BCUT2D eigenvalue weighted by molar-refractivity contribution is 5.85. The van der Waals surface area contributed by atoms with Crippen molar-refractivity contribution in [1.29, 1.82) is 0 Å². The quantitative estimate of drug-likeness (QED) is 0.762. The summed E-state index contributed by atoms with van der Waals surface area (Å²) in [6.07, 6.45) is -5.51. The van der Waals surface area contributed by atoms with E-state index in [1.807, 2.05) is 0 Å². The lowest BCUT2D eigenvalue weighted by atomic mass is 10.1. The van der Waals surface area contributed by atoms with E-state index in [1.165, 1.54) is 6.92 Å². The number of hydrogen-bond acceptors (Lipinski definition) is 2. The summed E-state index contributed by atoms with van der Waals surface area (Å²) in [6.45, 7) is 1.44. The first-order valence-corrected chi connectivity index (χ1v) is 5.07. The minimum absolute atomic E-state index is 0.151. The number of halogens is 5. The molecule has 0 aromatic heterocycles. The van der Waals surface area contributed by atoms with E-state index in [1.54, 1.807) is 0 Å². The van der Waals surface area contributed by atoms with Gasteiger partial charge in [-0.1, -0.05) is 0 Å². The lowest BCUT2D eigenvalue weighted by Gasteiger charge is -2.27. The van der Waals surface area contributed by atoms with Crippen LogP contribution in [0.15, 0.2) is 0 Å². The molecule has 1 aliphatic heterocycles. The molecule has 1 rings (SSSR count). The highest BCUT2D eigenvalue weighted by atomic mass is 19.4. The predicted octanol–water partition coefficient (Wildman–Crippen LogP) is 1.38. The van der Waals surface area contributed by atoms with Gasteiger partial charge in [0.15, 0.2) is 0 Å². The van der Waals surface area contributed by atoms with Crippen molar-refractivity contribution in [2.45, 2.75) is 31.5 Å². The van der Waals surface area contributed by atoms with E-state index >= 15 is 0 Å².